The van der Waals surface area contributed by atoms with Gasteiger partial charge < -0.3 is 4.57 Å². The molecule has 0 saturated carbocycles. The van der Waals surface area contributed by atoms with Gasteiger partial charge in [0.25, 0.3) is 0 Å². The Balaban J connectivity index is 2.68. The number of rotatable bonds is 2. The highest BCUT2D eigenvalue weighted by atomic mass is 32.1. The second-order valence-electron chi connectivity index (χ2n) is 1.77. The molecule has 1 aromatic heterocycles. The molecule has 1 heterocycles. The molecular formula is C6H6N2OS. The summed E-state index contributed by atoms with van der Waals surface area (Å²) < 4.78 is 1.54. The van der Waals surface area contributed by atoms with Crippen LogP contribution in [-0.4, -0.2) is 4.57 Å². The van der Waals surface area contributed by atoms with Gasteiger partial charge in [0.1, 0.15) is 0 Å². The minimum Gasteiger partial charge on any atom is -0.305 e. The molecule has 10 heavy (non-hydrogen) atoms. The van der Waals surface area contributed by atoms with E-state index in [9.17, 15) is 4.79 Å². The van der Waals surface area contributed by atoms with Gasteiger partial charge in [-0.1, -0.05) is 11.3 Å². The van der Waals surface area contributed by atoms with E-state index in [1.165, 1.54) is 4.57 Å². The Hall–Kier alpha value is -1.08. The molecule has 4 heteroatoms. The molecular weight excluding hydrogens is 148 g/mol. The van der Waals surface area contributed by atoms with Crippen LogP contribution < -0.4 is 4.87 Å². The molecule has 0 aliphatic rings. The van der Waals surface area contributed by atoms with Crippen LogP contribution in [0.3, 0.4) is 0 Å². The normalized spacial score (nSPS) is 9.10. The quantitative estimate of drug-likeness (QED) is 0.633. The van der Waals surface area contributed by atoms with Crippen molar-refractivity contribution in [1.29, 1.82) is 5.26 Å². The van der Waals surface area contributed by atoms with E-state index in [1.807, 2.05) is 6.07 Å². The molecule has 0 aromatic carbocycles. The first-order valence-corrected chi connectivity index (χ1v) is 3.73. The van der Waals surface area contributed by atoms with Crippen molar-refractivity contribution in [2.75, 3.05) is 0 Å². The molecule has 3 nitrogen and oxygen atoms in total. The number of nitriles is 1. The summed E-state index contributed by atoms with van der Waals surface area (Å²) in [7, 11) is 0. The Morgan fingerprint density at radius 3 is 3.10 bits per heavy atom. The lowest BCUT2D eigenvalue weighted by atomic mass is 10.5. The fraction of sp³-hybridized carbons (Fsp3) is 0.333. The highest BCUT2D eigenvalue weighted by molar-refractivity contribution is 7.07. The first-order chi connectivity index (χ1) is 4.84. The van der Waals surface area contributed by atoms with Gasteiger partial charge in [-0.05, 0) is 0 Å². The van der Waals surface area contributed by atoms with Crippen molar-refractivity contribution < 1.29 is 0 Å². The van der Waals surface area contributed by atoms with Crippen molar-refractivity contribution in [3.63, 3.8) is 0 Å². The summed E-state index contributed by atoms with van der Waals surface area (Å²) in [5.41, 5.74) is 0. The van der Waals surface area contributed by atoms with Gasteiger partial charge in [0, 0.05) is 18.1 Å². The summed E-state index contributed by atoms with van der Waals surface area (Å²) >= 11 is 1.15. The van der Waals surface area contributed by atoms with E-state index in [0.29, 0.717) is 13.0 Å². The number of thiazole rings is 1. The van der Waals surface area contributed by atoms with E-state index < -0.39 is 0 Å². The molecule has 52 valence electrons. The zero-order valence-electron chi connectivity index (χ0n) is 5.28. The SMILES string of the molecule is N#CCCn1ccsc1=O. The van der Waals surface area contributed by atoms with Crippen LogP contribution in [0.4, 0.5) is 0 Å². The third kappa shape index (κ3) is 1.45. The van der Waals surface area contributed by atoms with E-state index in [-0.39, 0.29) is 4.87 Å². The van der Waals surface area contributed by atoms with Crippen LogP contribution >= 0.6 is 11.3 Å². The zero-order chi connectivity index (χ0) is 7.40. The van der Waals surface area contributed by atoms with Crippen molar-refractivity contribution in [1.82, 2.24) is 4.57 Å². The third-order valence-corrected chi connectivity index (χ3v) is 1.80. The van der Waals surface area contributed by atoms with Crippen LogP contribution in [0.15, 0.2) is 16.4 Å². The molecule has 0 N–H and O–H groups in total. The Bertz CT molecular complexity index is 293. The number of nitrogens with zero attached hydrogens (tertiary/aromatic N) is 2. The second kappa shape index (κ2) is 3.18. The predicted octanol–water partition coefficient (Wildman–Crippen LogP) is 0.823. The molecule has 0 fully saturated rings. The van der Waals surface area contributed by atoms with Gasteiger partial charge in [-0.15, -0.1) is 0 Å². The van der Waals surface area contributed by atoms with Gasteiger partial charge in [-0.3, -0.25) is 4.79 Å². The summed E-state index contributed by atoms with van der Waals surface area (Å²) in [6.45, 7) is 0.513. The van der Waals surface area contributed by atoms with Crippen LogP contribution in [0.25, 0.3) is 0 Å². The van der Waals surface area contributed by atoms with Crippen LogP contribution in [0.2, 0.25) is 0 Å². The average molecular weight is 154 g/mol. The van der Waals surface area contributed by atoms with Crippen molar-refractivity contribution in [3.8, 4) is 6.07 Å². The van der Waals surface area contributed by atoms with E-state index in [0.717, 1.165) is 11.3 Å². The molecule has 1 rings (SSSR count). The molecule has 0 aliphatic carbocycles. The maximum absolute atomic E-state index is 10.8. The lowest BCUT2D eigenvalue weighted by molar-refractivity contribution is 0.704. The number of aryl methyl sites for hydroxylation is 1. The van der Waals surface area contributed by atoms with Crippen LogP contribution in [-0.2, 0) is 6.54 Å². The third-order valence-electron chi connectivity index (χ3n) is 1.11. The zero-order valence-corrected chi connectivity index (χ0v) is 6.10. The molecule has 0 unspecified atom stereocenters. The van der Waals surface area contributed by atoms with Gasteiger partial charge in [0.2, 0.25) is 0 Å². The van der Waals surface area contributed by atoms with E-state index >= 15 is 0 Å². The number of hydrogen-bond donors (Lipinski definition) is 0. The molecule has 0 spiro atoms. The van der Waals surface area contributed by atoms with Crippen molar-refractivity contribution in [2.24, 2.45) is 0 Å². The number of aromatic nitrogens is 1. The van der Waals surface area contributed by atoms with E-state index in [2.05, 4.69) is 0 Å². The largest absolute Gasteiger partial charge is 0.307 e. The summed E-state index contributed by atoms with van der Waals surface area (Å²) in [4.78, 5) is 10.8. The first-order valence-electron chi connectivity index (χ1n) is 2.85. The fourth-order valence-electron chi connectivity index (χ4n) is 0.627. The van der Waals surface area contributed by atoms with Crippen LogP contribution in [0.1, 0.15) is 6.42 Å². The van der Waals surface area contributed by atoms with Crippen molar-refractivity contribution in [3.05, 3.63) is 21.2 Å². The van der Waals surface area contributed by atoms with Gasteiger partial charge >= 0.3 is 4.87 Å². The molecule has 1 aromatic rings. The van der Waals surface area contributed by atoms with E-state index in [4.69, 9.17) is 5.26 Å². The Morgan fingerprint density at radius 2 is 2.60 bits per heavy atom. The number of hydrogen-bond acceptors (Lipinski definition) is 3. The first kappa shape index (κ1) is 7.03. The fourth-order valence-corrected chi connectivity index (χ4v) is 1.24. The van der Waals surface area contributed by atoms with Crippen LogP contribution in [0, 0.1) is 11.3 Å². The lowest BCUT2D eigenvalue weighted by Gasteiger charge is -1.91. The maximum Gasteiger partial charge on any atom is 0.307 e. The topological polar surface area (TPSA) is 45.8 Å². The molecule has 0 aliphatic heterocycles. The lowest BCUT2D eigenvalue weighted by Crippen LogP contribution is -2.10. The Labute approximate surface area is 62.2 Å². The Morgan fingerprint density at radius 1 is 1.80 bits per heavy atom. The minimum atomic E-state index is 0.00949. The standard InChI is InChI=1S/C6H6N2OS/c7-2-1-3-8-4-5-10-6(8)9/h4-5H,1,3H2. The van der Waals surface area contributed by atoms with Gasteiger partial charge in [0.05, 0.1) is 12.5 Å². The molecule has 0 radical (unpaired) electrons. The van der Waals surface area contributed by atoms with Gasteiger partial charge in [-0.25, -0.2) is 0 Å². The van der Waals surface area contributed by atoms with Crippen molar-refractivity contribution in [2.45, 2.75) is 13.0 Å². The highest BCUT2D eigenvalue weighted by Gasteiger charge is 1.93. The second-order valence-corrected chi connectivity index (χ2v) is 2.63. The van der Waals surface area contributed by atoms with Crippen molar-refractivity contribution >= 4 is 11.3 Å². The molecule has 0 amide bonds. The monoisotopic (exact) mass is 154 g/mol. The molecule has 0 atom stereocenters. The average Bonchev–Trinajstić information content (AvgIpc) is 2.31. The summed E-state index contributed by atoms with van der Waals surface area (Å²) in [5.74, 6) is 0. The minimum absolute atomic E-state index is 0.00949. The van der Waals surface area contributed by atoms with E-state index in [1.54, 1.807) is 11.6 Å². The van der Waals surface area contributed by atoms with Gasteiger partial charge in [-0.2, -0.15) is 5.26 Å². The summed E-state index contributed by atoms with van der Waals surface area (Å²) in [6.07, 6.45) is 2.10. The van der Waals surface area contributed by atoms with Crippen LogP contribution in [0.5, 0.6) is 0 Å². The highest BCUT2D eigenvalue weighted by Crippen LogP contribution is 1.90. The summed E-state index contributed by atoms with van der Waals surface area (Å²) in [6, 6.07) is 1.98. The Kier molecular flexibility index (Phi) is 2.24. The van der Waals surface area contributed by atoms with Gasteiger partial charge in [0.15, 0.2) is 0 Å². The predicted molar refractivity (Wildman–Crippen MR) is 38.8 cm³/mol. The maximum atomic E-state index is 10.8. The molecule has 0 saturated heterocycles. The molecule has 0 bridgehead atoms. The summed E-state index contributed by atoms with van der Waals surface area (Å²) in [5, 5.41) is 9.92. The smallest absolute Gasteiger partial charge is 0.305 e.